The SMILES string of the molecule is COc1cc(/C=N/n2c(-c3ccccc3)n[nH]c2=S)cc(OC)c1OC(C)=O. The number of hydrogen-bond acceptors (Lipinski definition) is 7. The van der Waals surface area contributed by atoms with E-state index in [-0.39, 0.29) is 5.75 Å². The minimum Gasteiger partial charge on any atom is -0.493 e. The molecule has 9 heteroatoms. The molecule has 0 atom stereocenters. The second-order valence-electron chi connectivity index (χ2n) is 5.62. The number of nitrogens with zero attached hydrogens (tertiary/aromatic N) is 3. The van der Waals surface area contributed by atoms with Crippen molar-refractivity contribution < 1.29 is 19.0 Å². The average Bonchev–Trinajstić information content (AvgIpc) is 3.07. The molecule has 1 N–H and O–H groups in total. The Hall–Kier alpha value is -3.46. The van der Waals surface area contributed by atoms with Crippen molar-refractivity contribution in [3.05, 3.63) is 52.8 Å². The van der Waals surface area contributed by atoms with Crippen LogP contribution < -0.4 is 14.2 Å². The van der Waals surface area contributed by atoms with Crippen molar-refractivity contribution in [2.75, 3.05) is 14.2 Å². The molecule has 0 aliphatic carbocycles. The fourth-order valence-electron chi connectivity index (χ4n) is 2.52. The largest absolute Gasteiger partial charge is 0.493 e. The standard InChI is InChI=1S/C19H18N4O4S/c1-12(24)27-17-15(25-2)9-13(10-16(17)26-3)11-20-23-18(21-22-19(23)28)14-7-5-4-6-8-14/h4-11H,1-3H3,(H,22,28)/b20-11+. The molecule has 1 heterocycles. The van der Waals surface area contributed by atoms with Crippen LogP contribution in [0.4, 0.5) is 0 Å². The summed E-state index contributed by atoms with van der Waals surface area (Å²) in [6, 6.07) is 12.9. The van der Waals surface area contributed by atoms with Gasteiger partial charge >= 0.3 is 5.97 Å². The van der Waals surface area contributed by atoms with Crippen LogP contribution >= 0.6 is 12.2 Å². The number of nitrogens with one attached hydrogen (secondary N) is 1. The molecule has 1 aromatic heterocycles. The molecule has 0 aliphatic heterocycles. The highest BCUT2D eigenvalue weighted by Crippen LogP contribution is 2.38. The molecule has 0 saturated heterocycles. The van der Waals surface area contributed by atoms with Gasteiger partial charge < -0.3 is 14.2 Å². The Labute approximate surface area is 166 Å². The molecule has 0 unspecified atom stereocenters. The van der Waals surface area contributed by atoms with E-state index in [0.717, 1.165) is 5.56 Å². The number of methoxy groups -OCH3 is 2. The first-order chi connectivity index (χ1) is 13.5. The van der Waals surface area contributed by atoms with E-state index in [4.69, 9.17) is 26.4 Å². The van der Waals surface area contributed by atoms with E-state index in [0.29, 0.717) is 27.7 Å². The van der Waals surface area contributed by atoms with Gasteiger partial charge in [-0.3, -0.25) is 4.79 Å². The lowest BCUT2D eigenvalue weighted by molar-refractivity contribution is -0.132. The van der Waals surface area contributed by atoms with Crippen LogP contribution in [0.5, 0.6) is 17.2 Å². The molecule has 0 amide bonds. The summed E-state index contributed by atoms with van der Waals surface area (Å²) >= 11 is 5.28. The van der Waals surface area contributed by atoms with Crippen LogP contribution in [0.2, 0.25) is 0 Å². The van der Waals surface area contributed by atoms with Gasteiger partial charge in [0, 0.05) is 18.1 Å². The summed E-state index contributed by atoms with van der Waals surface area (Å²) in [5.74, 6) is 0.997. The number of esters is 1. The number of carbonyl (C=O) groups excluding carboxylic acids is 1. The molecular formula is C19H18N4O4S. The topological polar surface area (TPSA) is 90.7 Å². The molecule has 0 spiro atoms. The zero-order valence-corrected chi connectivity index (χ0v) is 16.3. The fraction of sp³-hybridized carbons (Fsp3) is 0.158. The quantitative estimate of drug-likeness (QED) is 0.296. The number of benzene rings is 2. The number of aromatic amines is 1. The molecule has 0 saturated carbocycles. The minimum atomic E-state index is -0.477. The predicted octanol–water partition coefficient (Wildman–Crippen LogP) is 3.43. The Balaban J connectivity index is 2.01. The molecule has 2 aromatic carbocycles. The van der Waals surface area contributed by atoms with Crippen molar-refractivity contribution >= 4 is 24.4 Å². The van der Waals surface area contributed by atoms with Gasteiger partial charge in [-0.15, -0.1) is 0 Å². The van der Waals surface area contributed by atoms with Crippen LogP contribution in [-0.2, 0) is 4.79 Å². The number of ether oxygens (including phenoxy) is 3. The van der Waals surface area contributed by atoms with Crippen LogP contribution in [0.15, 0.2) is 47.6 Å². The average molecular weight is 398 g/mol. The van der Waals surface area contributed by atoms with E-state index in [1.165, 1.54) is 25.8 Å². The van der Waals surface area contributed by atoms with Crippen LogP contribution in [0.25, 0.3) is 11.4 Å². The van der Waals surface area contributed by atoms with Gasteiger partial charge in [0.1, 0.15) is 0 Å². The minimum absolute atomic E-state index is 0.208. The third-order valence-electron chi connectivity index (χ3n) is 3.73. The normalized spacial score (nSPS) is 10.8. The van der Waals surface area contributed by atoms with Gasteiger partial charge in [0.15, 0.2) is 17.3 Å². The molecule has 0 bridgehead atoms. The highest BCUT2D eigenvalue weighted by atomic mass is 32.1. The summed E-state index contributed by atoms with van der Waals surface area (Å²) in [6.07, 6.45) is 1.58. The highest BCUT2D eigenvalue weighted by Gasteiger charge is 2.16. The number of aromatic nitrogens is 3. The van der Waals surface area contributed by atoms with Gasteiger partial charge in [-0.2, -0.15) is 14.9 Å². The fourth-order valence-corrected chi connectivity index (χ4v) is 2.70. The first kappa shape index (κ1) is 19.3. The lowest BCUT2D eigenvalue weighted by Crippen LogP contribution is -2.05. The number of rotatable bonds is 6. The summed E-state index contributed by atoms with van der Waals surface area (Å²) in [6.45, 7) is 1.31. The van der Waals surface area contributed by atoms with Crippen molar-refractivity contribution in [2.45, 2.75) is 6.92 Å². The second-order valence-corrected chi connectivity index (χ2v) is 6.01. The smallest absolute Gasteiger partial charge is 0.308 e. The summed E-state index contributed by atoms with van der Waals surface area (Å²) in [4.78, 5) is 11.3. The molecule has 0 radical (unpaired) electrons. The number of hydrogen-bond donors (Lipinski definition) is 1. The summed E-state index contributed by atoms with van der Waals surface area (Å²) in [7, 11) is 2.95. The molecule has 144 valence electrons. The maximum atomic E-state index is 11.3. The van der Waals surface area contributed by atoms with E-state index in [1.807, 2.05) is 30.3 Å². The van der Waals surface area contributed by atoms with Gasteiger partial charge in [-0.05, 0) is 24.4 Å². The van der Waals surface area contributed by atoms with Gasteiger partial charge in [0.25, 0.3) is 0 Å². The molecule has 3 aromatic rings. The van der Waals surface area contributed by atoms with Crippen molar-refractivity contribution in [3.63, 3.8) is 0 Å². The third kappa shape index (κ3) is 4.09. The highest BCUT2D eigenvalue weighted by molar-refractivity contribution is 7.71. The van der Waals surface area contributed by atoms with E-state index >= 15 is 0 Å². The predicted molar refractivity (Wildman–Crippen MR) is 107 cm³/mol. The van der Waals surface area contributed by atoms with Crippen molar-refractivity contribution in [2.24, 2.45) is 5.10 Å². The molecule has 28 heavy (non-hydrogen) atoms. The van der Waals surface area contributed by atoms with Gasteiger partial charge in [-0.25, -0.2) is 5.10 Å². The number of H-pyrrole nitrogens is 1. The molecule has 8 nitrogen and oxygen atoms in total. The lowest BCUT2D eigenvalue weighted by Gasteiger charge is -2.13. The monoisotopic (exact) mass is 398 g/mol. The van der Waals surface area contributed by atoms with Gasteiger partial charge in [-0.1, -0.05) is 30.3 Å². The number of carbonyl (C=O) groups is 1. The zero-order valence-electron chi connectivity index (χ0n) is 15.5. The van der Waals surface area contributed by atoms with E-state index < -0.39 is 5.97 Å². The van der Waals surface area contributed by atoms with Crippen LogP contribution in [0, 0.1) is 4.77 Å². The first-order valence-electron chi connectivity index (χ1n) is 8.25. The van der Waals surface area contributed by atoms with E-state index in [2.05, 4.69) is 15.3 Å². The third-order valence-corrected chi connectivity index (χ3v) is 4.00. The lowest BCUT2D eigenvalue weighted by atomic mass is 10.2. The molecule has 0 fully saturated rings. The molecular weight excluding hydrogens is 380 g/mol. The summed E-state index contributed by atoms with van der Waals surface area (Å²) in [5.41, 5.74) is 1.53. The molecule has 3 rings (SSSR count). The Bertz CT molecular complexity index is 1050. The van der Waals surface area contributed by atoms with Gasteiger partial charge in [0.05, 0.1) is 20.4 Å². The van der Waals surface area contributed by atoms with Crippen molar-refractivity contribution in [3.8, 4) is 28.6 Å². The zero-order chi connectivity index (χ0) is 20.1. The maximum absolute atomic E-state index is 11.3. The Morgan fingerprint density at radius 3 is 2.39 bits per heavy atom. The Morgan fingerprint density at radius 2 is 1.82 bits per heavy atom. The Kier molecular flexibility index (Phi) is 5.85. The summed E-state index contributed by atoms with van der Waals surface area (Å²) < 4.78 is 17.7. The Morgan fingerprint density at radius 1 is 1.18 bits per heavy atom. The van der Waals surface area contributed by atoms with E-state index in [9.17, 15) is 4.79 Å². The van der Waals surface area contributed by atoms with Crippen molar-refractivity contribution in [1.82, 2.24) is 14.9 Å². The van der Waals surface area contributed by atoms with Crippen LogP contribution in [-0.4, -0.2) is 41.3 Å². The van der Waals surface area contributed by atoms with Crippen molar-refractivity contribution in [1.29, 1.82) is 0 Å². The van der Waals surface area contributed by atoms with Crippen LogP contribution in [0.1, 0.15) is 12.5 Å². The summed E-state index contributed by atoms with van der Waals surface area (Å²) in [5, 5.41) is 11.4. The van der Waals surface area contributed by atoms with Gasteiger partial charge in [0.2, 0.25) is 10.5 Å². The van der Waals surface area contributed by atoms with E-state index in [1.54, 1.807) is 18.3 Å². The first-order valence-corrected chi connectivity index (χ1v) is 8.66. The second kappa shape index (κ2) is 8.49. The molecule has 0 aliphatic rings. The maximum Gasteiger partial charge on any atom is 0.308 e. The van der Waals surface area contributed by atoms with Crippen LogP contribution in [0.3, 0.4) is 0 Å².